The minimum absolute atomic E-state index is 0.415. The molecule has 0 unspecified atom stereocenters. The summed E-state index contributed by atoms with van der Waals surface area (Å²) in [7, 11) is 0. The maximum absolute atomic E-state index is 5.35. The van der Waals surface area contributed by atoms with Crippen LogP contribution in [0.3, 0.4) is 0 Å². The molecule has 4 rings (SSSR count). The third-order valence-corrected chi connectivity index (χ3v) is 4.59. The molecule has 0 atom stereocenters. The zero-order valence-corrected chi connectivity index (χ0v) is 14.2. The number of rotatable bonds is 4. The van der Waals surface area contributed by atoms with Crippen molar-refractivity contribution in [1.82, 2.24) is 25.4 Å². The molecule has 0 saturated carbocycles. The first-order valence-electron chi connectivity index (χ1n) is 6.81. The van der Waals surface area contributed by atoms with Gasteiger partial charge in [0.05, 0.1) is 4.88 Å². The predicted octanol–water partition coefficient (Wildman–Crippen LogP) is 3.87. The summed E-state index contributed by atoms with van der Waals surface area (Å²) in [6.45, 7) is 0.415. The highest BCUT2D eigenvalue weighted by molar-refractivity contribution is 9.10. The number of thiophene rings is 1. The van der Waals surface area contributed by atoms with Gasteiger partial charge in [0.15, 0.2) is 5.76 Å². The Morgan fingerprint density at radius 2 is 2.04 bits per heavy atom. The first-order valence-corrected chi connectivity index (χ1v) is 8.48. The molecule has 0 saturated heterocycles. The van der Waals surface area contributed by atoms with Crippen LogP contribution in [0.5, 0.6) is 0 Å². The van der Waals surface area contributed by atoms with E-state index in [0.29, 0.717) is 12.4 Å². The second-order valence-electron chi connectivity index (χ2n) is 4.81. The van der Waals surface area contributed by atoms with Gasteiger partial charge in [0.25, 0.3) is 0 Å². The van der Waals surface area contributed by atoms with Gasteiger partial charge in [-0.05, 0) is 40.9 Å². The van der Waals surface area contributed by atoms with E-state index in [2.05, 4.69) is 36.5 Å². The van der Waals surface area contributed by atoms with Crippen LogP contribution in [0, 0.1) is 0 Å². The van der Waals surface area contributed by atoms with Gasteiger partial charge in [-0.2, -0.15) is 4.80 Å². The van der Waals surface area contributed by atoms with Crippen molar-refractivity contribution in [2.45, 2.75) is 6.54 Å². The molecule has 0 spiro atoms. The zero-order chi connectivity index (χ0) is 15.6. The molecule has 0 aliphatic rings. The molecule has 0 N–H and O–H groups in total. The minimum atomic E-state index is 0.415. The van der Waals surface area contributed by atoms with Gasteiger partial charge < -0.3 is 4.52 Å². The van der Waals surface area contributed by atoms with Crippen molar-refractivity contribution in [1.29, 1.82) is 0 Å². The van der Waals surface area contributed by atoms with Crippen LogP contribution in [-0.2, 0) is 6.54 Å². The van der Waals surface area contributed by atoms with Gasteiger partial charge in [-0.25, -0.2) is 0 Å². The molecule has 6 nitrogen and oxygen atoms in total. The van der Waals surface area contributed by atoms with Crippen LogP contribution in [0.2, 0.25) is 0 Å². The first-order chi connectivity index (χ1) is 11.3. The molecular weight excluding hydrogens is 378 g/mol. The van der Waals surface area contributed by atoms with Crippen LogP contribution < -0.4 is 0 Å². The molecule has 0 amide bonds. The normalized spacial score (nSPS) is 11.0. The predicted molar refractivity (Wildman–Crippen MR) is 89.9 cm³/mol. The summed E-state index contributed by atoms with van der Waals surface area (Å²) < 4.78 is 6.36. The molecule has 8 heteroatoms. The van der Waals surface area contributed by atoms with Crippen molar-refractivity contribution in [3.8, 4) is 22.0 Å². The van der Waals surface area contributed by atoms with Gasteiger partial charge in [-0.3, -0.25) is 0 Å². The lowest BCUT2D eigenvalue weighted by Crippen LogP contribution is -2.04. The van der Waals surface area contributed by atoms with Gasteiger partial charge in [-0.1, -0.05) is 27.2 Å². The fourth-order valence-corrected chi connectivity index (χ4v) is 3.03. The average molecular weight is 388 g/mol. The van der Waals surface area contributed by atoms with Gasteiger partial charge in [0, 0.05) is 16.1 Å². The number of halogens is 1. The summed E-state index contributed by atoms with van der Waals surface area (Å²) in [5, 5.41) is 18.6. The zero-order valence-electron chi connectivity index (χ0n) is 11.8. The van der Waals surface area contributed by atoms with E-state index in [1.54, 1.807) is 11.3 Å². The molecule has 0 radical (unpaired) electrons. The largest absolute Gasteiger partial charge is 0.355 e. The van der Waals surface area contributed by atoms with E-state index in [1.807, 2.05) is 47.8 Å². The highest BCUT2D eigenvalue weighted by Gasteiger charge is 2.11. The smallest absolute Gasteiger partial charge is 0.204 e. The standard InChI is InChI=1S/C15H10BrN5OS/c16-11-5-3-10(4-6-11)15-17-20-21(18-15)9-12-8-13(22-19-12)14-2-1-7-23-14/h1-8H,9H2. The fraction of sp³-hybridized carbons (Fsp3) is 0.0667. The van der Waals surface area contributed by atoms with Crippen molar-refractivity contribution < 1.29 is 4.52 Å². The SMILES string of the molecule is Brc1ccc(-c2nnn(Cc3cc(-c4cccs4)on3)n2)cc1. The minimum Gasteiger partial charge on any atom is -0.355 e. The Morgan fingerprint density at radius 1 is 1.17 bits per heavy atom. The van der Waals surface area contributed by atoms with Gasteiger partial charge in [0.2, 0.25) is 5.82 Å². The van der Waals surface area contributed by atoms with Gasteiger partial charge >= 0.3 is 0 Å². The lowest BCUT2D eigenvalue weighted by Gasteiger charge is -1.94. The monoisotopic (exact) mass is 387 g/mol. The maximum atomic E-state index is 5.35. The highest BCUT2D eigenvalue weighted by Crippen LogP contribution is 2.25. The van der Waals surface area contributed by atoms with E-state index in [4.69, 9.17) is 4.52 Å². The molecule has 3 heterocycles. The lowest BCUT2D eigenvalue weighted by atomic mass is 10.2. The van der Waals surface area contributed by atoms with Crippen LogP contribution >= 0.6 is 27.3 Å². The second kappa shape index (κ2) is 6.05. The number of nitrogens with zero attached hydrogens (tertiary/aromatic N) is 5. The lowest BCUT2D eigenvalue weighted by molar-refractivity contribution is 0.416. The van der Waals surface area contributed by atoms with E-state index in [1.165, 1.54) is 4.80 Å². The van der Waals surface area contributed by atoms with E-state index in [0.717, 1.165) is 26.4 Å². The summed E-state index contributed by atoms with van der Waals surface area (Å²) in [4.78, 5) is 2.55. The molecular formula is C15H10BrN5OS. The summed E-state index contributed by atoms with van der Waals surface area (Å²) in [6, 6.07) is 13.6. The number of tetrazole rings is 1. The molecule has 114 valence electrons. The van der Waals surface area contributed by atoms with E-state index >= 15 is 0 Å². The van der Waals surface area contributed by atoms with E-state index in [-0.39, 0.29) is 0 Å². The molecule has 0 aliphatic carbocycles. The summed E-state index contributed by atoms with van der Waals surface area (Å²) in [5.74, 6) is 1.34. The van der Waals surface area contributed by atoms with Crippen LogP contribution in [-0.4, -0.2) is 25.4 Å². The third kappa shape index (κ3) is 3.08. The average Bonchev–Trinajstić information content (AvgIpc) is 3.29. The van der Waals surface area contributed by atoms with Gasteiger partial charge in [-0.15, -0.1) is 21.5 Å². The second-order valence-corrected chi connectivity index (χ2v) is 6.67. The Morgan fingerprint density at radius 3 is 2.83 bits per heavy atom. The van der Waals surface area contributed by atoms with E-state index < -0.39 is 0 Å². The van der Waals surface area contributed by atoms with Crippen molar-refractivity contribution >= 4 is 27.3 Å². The highest BCUT2D eigenvalue weighted by atomic mass is 79.9. The van der Waals surface area contributed by atoms with Crippen molar-refractivity contribution in [2.75, 3.05) is 0 Å². The molecule has 3 aromatic heterocycles. The Balaban J connectivity index is 1.53. The fourth-order valence-electron chi connectivity index (χ4n) is 2.09. The quantitative estimate of drug-likeness (QED) is 0.531. The Labute approximate surface area is 143 Å². The van der Waals surface area contributed by atoms with Crippen LogP contribution in [0.4, 0.5) is 0 Å². The Bertz CT molecular complexity index is 914. The first kappa shape index (κ1) is 14.3. The topological polar surface area (TPSA) is 69.6 Å². The Kier molecular flexibility index (Phi) is 3.76. The van der Waals surface area contributed by atoms with Crippen molar-refractivity contribution in [3.63, 3.8) is 0 Å². The van der Waals surface area contributed by atoms with Crippen molar-refractivity contribution in [3.05, 3.63) is 58.0 Å². The Hall–Kier alpha value is -2.32. The number of aromatic nitrogens is 5. The van der Waals surface area contributed by atoms with Crippen LogP contribution in [0.15, 0.2) is 56.8 Å². The van der Waals surface area contributed by atoms with Crippen LogP contribution in [0.1, 0.15) is 5.69 Å². The summed E-state index contributed by atoms with van der Waals surface area (Å²) >= 11 is 5.02. The molecule has 23 heavy (non-hydrogen) atoms. The molecule has 0 fully saturated rings. The molecule has 0 bridgehead atoms. The van der Waals surface area contributed by atoms with Crippen LogP contribution in [0.25, 0.3) is 22.0 Å². The number of hydrogen-bond donors (Lipinski definition) is 0. The third-order valence-electron chi connectivity index (χ3n) is 3.18. The van der Waals surface area contributed by atoms with Gasteiger partial charge in [0.1, 0.15) is 12.2 Å². The summed E-state index contributed by atoms with van der Waals surface area (Å²) in [5.41, 5.74) is 1.67. The molecule has 1 aromatic carbocycles. The number of benzene rings is 1. The maximum Gasteiger partial charge on any atom is 0.204 e. The summed E-state index contributed by atoms with van der Waals surface area (Å²) in [6.07, 6.45) is 0. The van der Waals surface area contributed by atoms with Crippen molar-refractivity contribution in [2.24, 2.45) is 0 Å². The molecule has 0 aliphatic heterocycles. The number of hydrogen-bond acceptors (Lipinski definition) is 6. The molecule has 4 aromatic rings. The van der Waals surface area contributed by atoms with E-state index in [9.17, 15) is 0 Å².